The molecule has 1 rings (SSSR count). The molecule has 18 heavy (non-hydrogen) atoms. The lowest BCUT2D eigenvalue weighted by Gasteiger charge is -2.10. The van der Waals surface area contributed by atoms with E-state index in [1.165, 1.54) is 0 Å². The fourth-order valence-corrected chi connectivity index (χ4v) is 1.26. The van der Waals surface area contributed by atoms with Crippen LogP contribution in [0, 0.1) is 6.92 Å². The Kier molecular flexibility index (Phi) is 5.69. The fourth-order valence-electron chi connectivity index (χ4n) is 1.26. The molecule has 1 amide bonds. The van der Waals surface area contributed by atoms with Crippen molar-refractivity contribution in [3.63, 3.8) is 0 Å². The van der Waals surface area contributed by atoms with Gasteiger partial charge in [-0.2, -0.15) is 4.98 Å². The van der Waals surface area contributed by atoms with E-state index in [0.717, 1.165) is 24.3 Å². The van der Waals surface area contributed by atoms with Crippen molar-refractivity contribution in [3.05, 3.63) is 11.8 Å². The molecule has 0 aliphatic heterocycles. The normalized spacial score (nSPS) is 9.89. The zero-order valence-electron chi connectivity index (χ0n) is 10.7. The minimum Gasteiger partial charge on any atom is -0.448 e. The molecular weight excluding hydrogens is 234 g/mol. The number of hydrogen-bond acceptors (Lipinski definition) is 6. The first-order valence-electron chi connectivity index (χ1n) is 5.87. The van der Waals surface area contributed by atoms with Gasteiger partial charge in [-0.05, 0) is 13.3 Å². The van der Waals surface area contributed by atoms with Crippen molar-refractivity contribution in [2.24, 2.45) is 5.73 Å². The van der Waals surface area contributed by atoms with Crippen molar-refractivity contribution in [1.82, 2.24) is 9.97 Å². The van der Waals surface area contributed by atoms with E-state index in [1.54, 1.807) is 6.20 Å². The number of nitrogens with one attached hydrogen (secondary N) is 2. The molecule has 0 saturated carbocycles. The predicted octanol–water partition coefficient (Wildman–Crippen LogP) is 1.11. The number of nitrogens with zero attached hydrogens (tertiary/aromatic N) is 2. The standard InChI is InChI=1S/C11H19N5O2/c1-3-4-14-11-15-7-8(2)9(16-11)13-5-6-18-10(12)17/h7H,3-6H2,1-2H3,(H2,12,17)(H2,13,14,15,16). The quantitative estimate of drug-likeness (QED) is 0.629. The summed E-state index contributed by atoms with van der Waals surface area (Å²) in [5, 5.41) is 6.16. The Balaban J connectivity index is 2.49. The molecule has 7 nitrogen and oxygen atoms in total. The summed E-state index contributed by atoms with van der Waals surface area (Å²) in [5.74, 6) is 1.30. The molecule has 0 spiro atoms. The number of hydrogen-bond donors (Lipinski definition) is 3. The zero-order valence-corrected chi connectivity index (χ0v) is 10.7. The highest BCUT2D eigenvalue weighted by Crippen LogP contribution is 2.11. The number of aryl methyl sites for hydroxylation is 1. The number of aromatic nitrogens is 2. The van der Waals surface area contributed by atoms with Crippen LogP contribution in [0.25, 0.3) is 0 Å². The van der Waals surface area contributed by atoms with E-state index in [-0.39, 0.29) is 6.61 Å². The van der Waals surface area contributed by atoms with Crippen molar-refractivity contribution in [2.75, 3.05) is 30.3 Å². The Morgan fingerprint density at radius 1 is 1.44 bits per heavy atom. The number of rotatable bonds is 7. The number of ether oxygens (including phenoxy) is 1. The van der Waals surface area contributed by atoms with Gasteiger partial charge in [0.05, 0.1) is 6.54 Å². The Morgan fingerprint density at radius 3 is 2.89 bits per heavy atom. The summed E-state index contributed by atoms with van der Waals surface area (Å²) in [7, 11) is 0. The number of carbonyl (C=O) groups is 1. The molecule has 100 valence electrons. The largest absolute Gasteiger partial charge is 0.448 e. The van der Waals surface area contributed by atoms with Crippen molar-refractivity contribution in [2.45, 2.75) is 20.3 Å². The molecule has 0 aliphatic carbocycles. The summed E-state index contributed by atoms with van der Waals surface area (Å²) >= 11 is 0. The topological polar surface area (TPSA) is 102 Å². The lowest BCUT2D eigenvalue weighted by Crippen LogP contribution is -2.19. The van der Waals surface area contributed by atoms with Crippen molar-refractivity contribution in [1.29, 1.82) is 0 Å². The molecule has 1 aromatic rings. The third-order valence-electron chi connectivity index (χ3n) is 2.14. The van der Waals surface area contributed by atoms with Gasteiger partial charge in [-0.1, -0.05) is 6.92 Å². The van der Waals surface area contributed by atoms with Crippen LogP contribution in [0.2, 0.25) is 0 Å². The van der Waals surface area contributed by atoms with Gasteiger partial charge >= 0.3 is 6.09 Å². The van der Waals surface area contributed by atoms with Crippen LogP contribution in [-0.2, 0) is 4.74 Å². The van der Waals surface area contributed by atoms with E-state index < -0.39 is 6.09 Å². The Morgan fingerprint density at radius 2 is 2.22 bits per heavy atom. The highest BCUT2D eigenvalue weighted by Gasteiger charge is 2.03. The summed E-state index contributed by atoms with van der Waals surface area (Å²) in [4.78, 5) is 18.9. The van der Waals surface area contributed by atoms with Gasteiger partial charge in [0.1, 0.15) is 12.4 Å². The molecule has 0 saturated heterocycles. The second-order valence-electron chi connectivity index (χ2n) is 3.75. The Hall–Kier alpha value is -2.05. The molecule has 0 bridgehead atoms. The van der Waals surface area contributed by atoms with Crippen LogP contribution in [0.3, 0.4) is 0 Å². The Labute approximate surface area is 106 Å². The smallest absolute Gasteiger partial charge is 0.404 e. The van der Waals surface area contributed by atoms with Crippen LogP contribution in [0.1, 0.15) is 18.9 Å². The molecule has 7 heteroatoms. The molecule has 0 unspecified atom stereocenters. The Bertz CT molecular complexity index is 397. The molecule has 1 heterocycles. The van der Waals surface area contributed by atoms with Crippen LogP contribution in [-0.4, -0.2) is 35.8 Å². The maximum Gasteiger partial charge on any atom is 0.404 e. The molecule has 4 N–H and O–H groups in total. The van der Waals surface area contributed by atoms with Gasteiger partial charge < -0.3 is 21.1 Å². The highest BCUT2D eigenvalue weighted by molar-refractivity contribution is 5.64. The highest BCUT2D eigenvalue weighted by atomic mass is 16.5. The fraction of sp³-hybridized carbons (Fsp3) is 0.545. The molecule has 1 aromatic heterocycles. The van der Waals surface area contributed by atoms with Gasteiger partial charge in [0, 0.05) is 18.3 Å². The predicted molar refractivity (Wildman–Crippen MR) is 69.6 cm³/mol. The van der Waals surface area contributed by atoms with Gasteiger partial charge in [0.25, 0.3) is 0 Å². The van der Waals surface area contributed by atoms with Crippen LogP contribution in [0.15, 0.2) is 6.20 Å². The van der Waals surface area contributed by atoms with Gasteiger partial charge in [-0.15, -0.1) is 0 Å². The van der Waals surface area contributed by atoms with Crippen molar-refractivity contribution < 1.29 is 9.53 Å². The summed E-state index contributed by atoms with van der Waals surface area (Å²) in [6, 6.07) is 0. The summed E-state index contributed by atoms with van der Waals surface area (Å²) < 4.78 is 4.62. The summed E-state index contributed by atoms with van der Waals surface area (Å²) in [6.07, 6.45) is 1.97. The maximum atomic E-state index is 10.4. The summed E-state index contributed by atoms with van der Waals surface area (Å²) in [6.45, 7) is 5.46. The maximum absolute atomic E-state index is 10.4. The lowest BCUT2D eigenvalue weighted by atomic mass is 10.3. The third kappa shape index (κ3) is 4.86. The molecule has 0 atom stereocenters. The van der Waals surface area contributed by atoms with Gasteiger partial charge in [-0.25, -0.2) is 9.78 Å². The van der Waals surface area contributed by atoms with E-state index in [2.05, 4.69) is 32.3 Å². The van der Waals surface area contributed by atoms with Crippen molar-refractivity contribution in [3.8, 4) is 0 Å². The number of carbonyl (C=O) groups excluding carboxylic acids is 1. The van der Waals surface area contributed by atoms with Crippen LogP contribution in [0.4, 0.5) is 16.6 Å². The second kappa shape index (κ2) is 7.31. The molecule has 0 fully saturated rings. The number of primary amides is 1. The lowest BCUT2D eigenvalue weighted by molar-refractivity contribution is 0.161. The first-order chi connectivity index (χ1) is 8.63. The second-order valence-corrected chi connectivity index (χ2v) is 3.75. The SMILES string of the molecule is CCCNc1ncc(C)c(NCCOC(N)=O)n1. The average Bonchev–Trinajstić information content (AvgIpc) is 2.34. The van der Waals surface area contributed by atoms with Gasteiger partial charge in [-0.3, -0.25) is 0 Å². The van der Waals surface area contributed by atoms with Gasteiger partial charge in [0.2, 0.25) is 5.95 Å². The molecule has 0 aromatic carbocycles. The number of anilines is 2. The van der Waals surface area contributed by atoms with E-state index >= 15 is 0 Å². The van der Waals surface area contributed by atoms with Crippen LogP contribution in [0.5, 0.6) is 0 Å². The van der Waals surface area contributed by atoms with Crippen molar-refractivity contribution >= 4 is 17.9 Å². The van der Waals surface area contributed by atoms with E-state index in [9.17, 15) is 4.79 Å². The third-order valence-corrected chi connectivity index (χ3v) is 2.14. The minimum absolute atomic E-state index is 0.205. The first-order valence-corrected chi connectivity index (χ1v) is 5.87. The number of amides is 1. The number of nitrogens with two attached hydrogens (primary N) is 1. The van der Waals surface area contributed by atoms with E-state index in [1.807, 2.05) is 6.92 Å². The molecular formula is C11H19N5O2. The van der Waals surface area contributed by atoms with Crippen LogP contribution < -0.4 is 16.4 Å². The van der Waals surface area contributed by atoms with Gasteiger partial charge in [0.15, 0.2) is 0 Å². The minimum atomic E-state index is -0.776. The van der Waals surface area contributed by atoms with Crippen LogP contribution >= 0.6 is 0 Å². The zero-order chi connectivity index (χ0) is 13.4. The average molecular weight is 253 g/mol. The molecule has 0 aliphatic rings. The monoisotopic (exact) mass is 253 g/mol. The van der Waals surface area contributed by atoms with E-state index in [4.69, 9.17) is 5.73 Å². The summed E-state index contributed by atoms with van der Waals surface area (Å²) in [5.41, 5.74) is 5.78. The first kappa shape index (κ1) is 14.0. The van der Waals surface area contributed by atoms with E-state index in [0.29, 0.717) is 12.5 Å². The molecule has 0 radical (unpaired) electrons.